The van der Waals surface area contributed by atoms with Gasteiger partial charge in [-0.2, -0.15) is 13.2 Å². The molecule has 0 bridgehead atoms. The molecule has 1 fully saturated rings. The van der Waals surface area contributed by atoms with Crippen molar-refractivity contribution >= 4 is 22.8 Å². The summed E-state index contributed by atoms with van der Waals surface area (Å²) in [6, 6.07) is 14.3. The highest BCUT2D eigenvalue weighted by Gasteiger charge is 2.38. The average Bonchev–Trinajstić information content (AvgIpc) is 2.81. The highest BCUT2D eigenvalue weighted by atomic mass is 19.4. The molecule has 2 heterocycles. The summed E-state index contributed by atoms with van der Waals surface area (Å²) in [5.74, 6) is -2.65. The number of carboxylic acid groups (broad SMARTS) is 1. The van der Waals surface area contributed by atoms with Gasteiger partial charge in [0, 0.05) is 48.9 Å². The first-order chi connectivity index (χ1) is 15.6. The molecule has 2 N–H and O–H groups in total. The zero-order valence-electron chi connectivity index (χ0n) is 18.2. The normalized spacial score (nSPS) is 13.9. The summed E-state index contributed by atoms with van der Waals surface area (Å²) in [5, 5.41) is 11.5. The Kier molecular flexibility index (Phi) is 7.33. The Morgan fingerprint density at radius 3 is 2.18 bits per heavy atom. The molecule has 0 radical (unpaired) electrons. The van der Waals surface area contributed by atoms with Gasteiger partial charge in [0.1, 0.15) is 0 Å². The van der Waals surface area contributed by atoms with Crippen LogP contribution in [0.1, 0.15) is 21.5 Å². The molecule has 0 unspecified atom stereocenters. The molecule has 33 heavy (non-hydrogen) atoms. The lowest BCUT2D eigenvalue weighted by Gasteiger charge is -2.27. The number of rotatable bonds is 2. The third-order valence-corrected chi connectivity index (χ3v) is 5.49. The van der Waals surface area contributed by atoms with Crippen LogP contribution < -0.4 is 5.32 Å². The molecule has 1 aliphatic rings. The minimum absolute atomic E-state index is 0.112. The van der Waals surface area contributed by atoms with Crippen LogP contribution in [0, 0.1) is 13.8 Å². The number of piperazine rings is 1. The Labute approximate surface area is 189 Å². The number of amides is 1. The molecule has 3 aromatic rings. The van der Waals surface area contributed by atoms with E-state index in [0.717, 1.165) is 53.8 Å². The van der Waals surface area contributed by atoms with Crippen LogP contribution in [0.25, 0.3) is 22.0 Å². The standard InChI is InChI=1S/C22H23N3O.C2HF3O2/c1-15-3-4-19-13-20(14-24-21(19)16(15)2)17-5-7-18(8-6-17)22(26)25-11-9-23-10-12-25;3-2(4,5)1(6)7/h3-8,13-14,23H,9-12H2,1-2H3;(H,6,7). The summed E-state index contributed by atoms with van der Waals surface area (Å²) in [7, 11) is 0. The molecule has 0 atom stereocenters. The molecule has 0 aliphatic carbocycles. The molecule has 0 spiro atoms. The van der Waals surface area contributed by atoms with Gasteiger partial charge in [0.05, 0.1) is 5.52 Å². The number of fused-ring (bicyclic) bond motifs is 1. The van der Waals surface area contributed by atoms with Crippen molar-refractivity contribution in [2.75, 3.05) is 26.2 Å². The summed E-state index contributed by atoms with van der Waals surface area (Å²) >= 11 is 0. The van der Waals surface area contributed by atoms with Gasteiger partial charge in [0.15, 0.2) is 0 Å². The van der Waals surface area contributed by atoms with Crippen molar-refractivity contribution < 1.29 is 27.9 Å². The molecular formula is C24H24F3N3O3. The lowest BCUT2D eigenvalue weighted by Crippen LogP contribution is -2.46. The number of benzene rings is 2. The van der Waals surface area contributed by atoms with E-state index < -0.39 is 12.1 Å². The highest BCUT2D eigenvalue weighted by molar-refractivity contribution is 5.95. The maximum atomic E-state index is 12.6. The fraction of sp³-hybridized carbons (Fsp3) is 0.292. The highest BCUT2D eigenvalue weighted by Crippen LogP contribution is 2.26. The van der Waals surface area contributed by atoms with Crippen LogP contribution in [0.15, 0.2) is 48.7 Å². The van der Waals surface area contributed by atoms with E-state index in [4.69, 9.17) is 9.90 Å². The summed E-state index contributed by atoms with van der Waals surface area (Å²) < 4.78 is 31.7. The molecule has 1 aliphatic heterocycles. The van der Waals surface area contributed by atoms with E-state index in [1.807, 2.05) is 35.4 Å². The van der Waals surface area contributed by atoms with Gasteiger partial charge < -0.3 is 15.3 Å². The zero-order chi connectivity index (χ0) is 24.2. The number of aryl methyl sites for hydroxylation is 2. The number of aliphatic carboxylic acids is 1. The molecule has 2 aromatic carbocycles. The first kappa shape index (κ1) is 24.2. The Balaban J connectivity index is 0.000000383. The second kappa shape index (κ2) is 9.99. The van der Waals surface area contributed by atoms with Crippen molar-refractivity contribution in [1.82, 2.24) is 15.2 Å². The van der Waals surface area contributed by atoms with E-state index in [1.165, 1.54) is 11.1 Å². The van der Waals surface area contributed by atoms with E-state index in [-0.39, 0.29) is 5.91 Å². The quantitative estimate of drug-likeness (QED) is 0.600. The summed E-state index contributed by atoms with van der Waals surface area (Å²) in [5.41, 5.74) is 6.44. The van der Waals surface area contributed by atoms with E-state index in [1.54, 1.807) is 0 Å². The lowest BCUT2D eigenvalue weighted by molar-refractivity contribution is -0.192. The number of halogens is 3. The smallest absolute Gasteiger partial charge is 0.475 e. The van der Waals surface area contributed by atoms with E-state index in [9.17, 15) is 18.0 Å². The Bertz CT molecular complexity index is 1160. The minimum atomic E-state index is -5.08. The number of aromatic nitrogens is 1. The molecule has 9 heteroatoms. The molecule has 6 nitrogen and oxygen atoms in total. The molecule has 174 valence electrons. The third-order valence-electron chi connectivity index (χ3n) is 5.49. The van der Waals surface area contributed by atoms with Crippen molar-refractivity contribution in [2.24, 2.45) is 0 Å². The van der Waals surface area contributed by atoms with Gasteiger partial charge in [-0.1, -0.05) is 24.3 Å². The first-order valence-electron chi connectivity index (χ1n) is 10.3. The van der Waals surface area contributed by atoms with Gasteiger partial charge in [0.2, 0.25) is 0 Å². The number of alkyl halides is 3. The predicted molar refractivity (Wildman–Crippen MR) is 119 cm³/mol. The van der Waals surface area contributed by atoms with Gasteiger partial charge in [-0.05, 0) is 48.7 Å². The SMILES string of the molecule is Cc1ccc2cc(-c3ccc(C(=O)N4CCNCC4)cc3)cnc2c1C.O=C(O)C(F)(F)F. The Morgan fingerprint density at radius 1 is 1.00 bits per heavy atom. The van der Waals surface area contributed by atoms with Gasteiger partial charge in [-0.15, -0.1) is 0 Å². The van der Waals surface area contributed by atoms with Gasteiger partial charge in [0.25, 0.3) is 5.91 Å². The molecule has 1 amide bonds. The predicted octanol–water partition coefficient (Wildman–Crippen LogP) is 4.20. The number of carbonyl (C=O) groups is 2. The van der Waals surface area contributed by atoms with E-state index in [2.05, 4.69) is 42.3 Å². The van der Waals surface area contributed by atoms with Gasteiger partial charge in [-0.25, -0.2) is 4.79 Å². The maximum absolute atomic E-state index is 12.6. The fourth-order valence-corrected chi connectivity index (χ4v) is 3.46. The summed E-state index contributed by atoms with van der Waals surface area (Å²) in [6.45, 7) is 7.50. The van der Waals surface area contributed by atoms with Crippen LogP contribution in [0.3, 0.4) is 0 Å². The van der Waals surface area contributed by atoms with Crippen LogP contribution in [0.2, 0.25) is 0 Å². The van der Waals surface area contributed by atoms with Crippen LogP contribution in [-0.2, 0) is 4.79 Å². The van der Waals surface area contributed by atoms with Gasteiger partial charge in [-0.3, -0.25) is 9.78 Å². The number of nitrogens with zero attached hydrogens (tertiary/aromatic N) is 2. The third kappa shape index (κ3) is 5.87. The number of hydrogen-bond acceptors (Lipinski definition) is 4. The first-order valence-corrected chi connectivity index (χ1v) is 10.3. The van der Waals surface area contributed by atoms with Crippen molar-refractivity contribution in [3.05, 3.63) is 65.4 Å². The number of pyridine rings is 1. The number of carboxylic acids is 1. The van der Waals surface area contributed by atoms with Crippen LogP contribution in [0.4, 0.5) is 13.2 Å². The second-order valence-corrected chi connectivity index (χ2v) is 7.73. The number of carbonyl (C=O) groups excluding carboxylic acids is 1. The summed E-state index contributed by atoms with van der Waals surface area (Å²) in [4.78, 5) is 28.1. The van der Waals surface area contributed by atoms with Crippen molar-refractivity contribution in [3.63, 3.8) is 0 Å². The van der Waals surface area contributed by atoms with E-state index in [0.29, 0.717) is 0 Å². The van der Waals surface area contributed by atoms with E-state index >= 15 is 0 Å². The van der Waals surface area contributed by atoms with Crippen LogP contribution in [0.5, 0.6) is 0 Å². The topological polar surface area (TPSA) is 82.5 Å². The molecule has 0 saturated carbocycles. The lowest BCUT2D eigenvalue weighted by atomic mass is 10.0. The zero-order valence-corrected chi connectivity index (χ0v) is 18.2. The van der Waals surface area contributed by atoms with Crippen molar-refractivity contribution in [2.45, 2.75) is 20.0 Å². The maximum Gasteiger partial charge on any atom is 0.490 e. The largest absolute Gasteiger partial charge is 0.490 e. The average molecular weight is 459 g/mol. The Hall–Kier alpha value is -3.46. The van der Waals surface area contributed by atoms with Crippen LogP contribution in [-0.4, -0.2) is 59.2 Å². The monoisotopic (exact) mass is 459 g/mol. The fourth-order valence-electron chi connectivity index (χ4n) is 3.46. The molecule has 1 saturated heterocycles. The summed E-state index contributed by atoms with van der Waals surface area (Å²) in [6.07, 6.45) is -3.16. The van der Waals surface area contributed by atoms with Gasteiger partial charge >= 0.3 is 12.1 Å². The molecular weight excluding hydrogens is 435 g/mol. The minimum Gasteiger partial charge on any atom is -0.475 e. The van der Waals surface area contributed by atoms with Crippen LogP contribution >= 0.6 is 0 Å². The van der Waals surface area contributed by atoms with Crippen molar-refractivity contribution in [3.8, 4) is 11.1 Å². The number of hydrogen-bond donors (Lipinski definition) is 2. The second-order valence-electron chi connectivity index (χ2n) is 7.73. The molecule has 1 aromatic heterocycles. The van der Waals surface area contributed by atoms with Crippen molar-refractivity contribution in [1.29, 1.82) is 0 Å². The number of nitrogens with one attached hydrogen (secondary N) is 1. The Morgan fingerprint density at radius 2 is 1.61 bits per heavy atom. The molecule has 4 rings (SSSR count).